The van der Waals surface area contributed by atoms with Crippen molar-refractivity contribution < 1.29 is 22.8 Å². The Morgan fingerprint density at radius 3 is 2.53 bits per heavy atom. The Morgan fingerprint density at radius 1 is 1.13 bits per heavy atom. The van der Waals surface area contributed by atoms with Crippen LogP contribution in [0.2, 0.25) is 5.02 Å². The second kappa shape index (κ2) is 8.19. The highest BCUT2D eigenvalue weighted by atomic mass is 35.5. The van der Waals surface area contributed by atoms with Crippen molar-refractivity contribution in [3.63, 3.8) is 0 Å². The minimum absolute atomic E-state index is 0.107. The van der Waals surface area contributed by atoms with Gasteiger partial charge in [0.15, 0.2) is 0 Å². The average molecular weight is 438 g/mol. The van der Waals surface area contributed by atoms with Crippen LogP contribution in [0.5, 0.6) is 0 Å². The molecule has 30 heavy (non-hydrogen) atoms. The van der Waals surface area contributed by atoms with Crippen LogP contribution in [0.25, 0.3) is 10.9 Å². The first-order valence-corrected chi connectivity index (χ1v) is 8.98. The monoisotopic (exact) mass is 437 g/mol. The number of aromatic nitrogens is 1. The molecule has 2 N–H and O–H groups in total. The van der Waals surface area contributed by atoms with E-state index in [0.29, 0.717) is 17.0 Å². The Balaban J connectivity index is 1.77. The van der Waals surface area contributed by atoms with Gasteiger partial charge < -0.3 is 15.2 Å². The molecule has 0 aliphatic rings. The van der Waals surface area contributed by atoms with Gasteiger partial charge in [0.2, 0.25) is 11.5 Å². The number of fused-ring (bicyclic) bond motifs is 1. The highest BCUT2D eigenvalue weighted by Gasteiger charge is 2.33. The summed E-state index contributed by atoms with van der Waals surface area (Å²) in [6.45, 7) is -0.441. The molecule has 6 nitrogen and oxygen atoms in total. The predicted octanol–water partition coefficient (Wildman–Crippen LogP) is 3.91. The van der Waals surface area contributed by atoms with Crippen LogP contribution in [0.1, 0.15) is 15.9 Å². The maximum atomic E-state index is 13.0. The third kappa shape index (κ3) is 4.62. The third-order valence-corrected chi connectivity index (χ3v) is 4.59. The summed E-state index contributed by atoms with van der Waals surface area (Å²) in [5.74, 6) is -1.30. The van der Waals surface area contributed by atoms with Gasteiger partial charge in [-0.05, 0) is 24.3 Å². The van der Waals surface area contributed by atoms with Crippen LogP contribution in [-0.2, 0) is 11.0 Å². The van der Waals surface area contributed by atoms with Gasteiger partial charge in [0.05, 0.1) is 22.7 Å². The summed E-state index contributed by atoms with van der Waals surface area (Å²) in [6, 6.07) is 10.8. The first kappa shape index (κ1) is 21.4. The van der Waals surface area contributed by atoms with Crippen LogP contribution in [0.15, 0.2) is 53.3 Å². The van der Waals surface area contributed by atoms with E-state index in [0.717, 1.165) is 17.0 Å². The number of hydrogen-bond donors (Lipinski definition) is 2. The lowest BCUT2D eigenvalue weighted by Gasteiger charge is -2.18. The van der Waals surface area contributed by atoms with Gasteiger partial charge in [-0.2, -0.15) is 13.2 Å². The number of para-hydroxylation sites is 1. The number of likely N-dealkylation sites (N-methyl/N-ethyl adjacent to an activating group) is 1. The maximum Gasteiger partial charge on any atom is 0.417 e. The largest absolute Gasteiger partial charge is 0.417 e. The van der Waals surface area contributed by atoms with E-state index in [1.165, 1.54) is 13.1 Å². The minimum atomic E-state index is -4.67. The molecule has 0 unspecified atom stereocenters. The Kier molecular flexibility index (Phi) is 5.84. The summed E-state index contributed by atoms with van der Waals surface area (Å²) in [5, 5.41) is 2.32. The quantitative estimate of drug-likeness (QED) is 0.649. The molecular formula is C20H15ClF3N3O3. The number of nitrogens with one attached hydrogen (secondary N) is 2. The zero-order valence-corrected chi connectivity index (χ0v) is 16.3. The zero-order chi connectivity index (χ0) is 22.1. The molecule has 1 heterocycles. The zero-order valence-electron chi connectivity index (χ0n) is 15.5. The third-order valence-electron chi connectivity index (χ3n) is 4.26. The minimum Gasteiger partial charge on any atom is -0.332 e. The normalized spacial score (nSPS) is 11.4. The summed E-state index contributed by atoms with van der Waals surface area (Å²) in [4.78, 5) is 40.5. The Hall–Kier alpha value is -3.33. The smallest absolute Gasteiger partial charge is 0.332 e. The van der Waals surface area contributed by atoms with Crippen LogP contribution < -0.4 is 10.9 Å². The second-order valence-electron chi connectivity index (χ2n) is 6.49. The molecule has 3 aromatic rings. The maximum absolute atomic E-state index is 13.0. The van der Waals surface area contributed by atoms with Gasteiger partial charge >= 0.3 is 6.18 Å². The molecule has 0 bridgehead atoms. The molecule has 156 valence electrons. The Bertz CT molecular complexity index is 1190. The van der Waals surface area contributed by atoms with Gasteiger partial charge in [-0.3, -0.25) is 14.4 Å². The average Bonchev–Trinajstić information content (AvgIpc) is 2.67. The van der Waals surface area contributed by atoms with Crippen molar-refractivity contribution in [3.05, 3.63) is 75.0 Å². The van der Waals surface area contributed by atoms with Crippen LogP contribution >= 0.6 is 11.6 Å². The van der Waals surface area contributed by atoms with Gasteiger partial charge in [-0.25, -0.2) is 0 Å². The van der Waals surface area contributed by atoms with E-state index in [2.05, 4.69) is 10.3 Å². The molecule has 2 aromatic carbocycles. The number of H-pyrrole nitrogens is 1. The predicted molar refractivity (Wildman–Crippen MR) is 107 cm³/mol. The first-order valence-electron chi connectivity index (χ1n) is 8.60. The van der Waals surface area contributed by atoms with Crippen LogP contribution in [0.3, 0.4) is 0 Å². The van der Waals surface area contributed by atoms with E-state index in [1.54, 1.807) is 24.3 Å². The van der Waals surface area contributed by atoms with Gasteiger partial charge in [0.1, 0.15) is 0 Å². The lowest BCUT2D eigenvalue weighted by Crippen LogP contribution is -2.35. The molecular weight excluding hydrogens is 423 g/mol. The van der Waals surface area contributed by atoms with Crippen molar-refractivity contribution in [2.45, 2.75) is 6.18 Å². The van der Waals surface area contributed by atoms with E-state index < -0.39 is 40.7 Å². The van der Waals surface area contributed by atoms with E-state index in [9.17, 15) is 27.6 Å². The number of amides is 2. The summed E-state index contributed by atoms with van der Waals surface area (Å²) in [7, 11) is 1.35. The molecule has 2 amide bonds. The topological polar surface area (TPSA) is 82.3 Å². The SMILES string of the molecule is CN(CC(=O)Nc1ccc(Cl)c(C(F)(F)F)c1)C(=O)c1cc(=O)[nH]c2ccccc12. The molecule has 0 aliphatic carbocycles. The van der Waals surface area contributed by atoms with Crippen molar-refractivity contribution in [2.75, 3.05) is 18.9 Å². The highest BCUT2D eigenvalue weighted by molar-refractivity contribution is 6.31. The number of carbonyl (C=O) groups is 2. The fourth-order valence-corrected chi connectivity index (χ4v) is 3.12. The van der Waals surface area contributed by atoms with E-state index in [1.807, 2.05) is 0 Å². The van der Waals surface area contributed by atoms with Crippen LogP contribution in [0, 0.1) is 0 Å². The van der Waals surface area contributed by atoms with Gasteiger partial charge in [0, 0.05) is 29.7 Å². The van der Waals surface area contributed by atoms with E-state index >= 15 is 0 Å². The Morgan fingerprint density at radius 2 is 1.83 bits per heavy atom. The standard InChI is InChI=1S/C20H15ClF3N3O3/c1-27(19(30)13-9-17(28)26-16-5-3-2-4-12(13)16)10-18(29)25-11-6-7-15(21)14(8-11)20(22,23)24/h2-9H,10H2,1H3,(H,25,29)(H,26,28). The van der Waals surface area contributed by atoms with E-state index in [-0.39, 0.29) is 11.3 Å². The number of rotatable bonds is 4. The summed E-state index contributed by atoms with van der Waals surface area (Å²) < 4.78 is 38.9. The van der Waals surface area contributed by atoms with Gasteiger partial charge in [0.25, 0.3) is 5.91 Å². The van der Waals surface area contributed by atoms with Gasteiger partial charge in [-0.1, -0.05) is 29.8 Å². The fourth-order valence-electron chi connectivity index (χ4n) is 2.90. The van der Waals surface area contributed by atoms with Crippen LogP contribution in [0.4, 0.5) is 18.9 Å². The molecule has 0 saturated carbocycles. The number of carbonyl (C=O) groups excluding carboxylic acids is 2. The molecule has 10 heteroatoms. The summed E-state index contributed by atoms with van der Waals surface area (Å²) >= 11 is 5.56. The fraction of sp³-hybridized carbons (Fsp3) is 0.150. The van der Waals surface area contributed by atoms with Crippen molar-refractivity contribution in [3.8, 4) is 0 Å². The molecule has 0 saturated heterocycles. The number of halogens is 4. The summed E-state index contributed by atoms with van der Waals surface area (Å²) in [6.07, 6.45) is -4.67. The van der Waals surface area contributed by atoms with E-state index in [4.69, 9.17) is 11.6 Å². The number of aromatic amines is 1. The number of benzene rings is 2. The van der Waals surface area contributed by atoms with Crippen molar-refractivity contribution >= 4 is 40.0 Å². The molecule has 0 fully saturated rings. The van der Waals surface area contributed by atoms with Crippen molar-refractivity contribution in [1.82, 2.24) is 9.88 Å². The van der Waals surface area contributed by atoms with Crippen LogP contribution in [-0.4, -0.2) is 35.3 Å². The number of alkyl halides is 3. The second-order valence-corrected chi connectivity index (χ2v) is 6.90. The lowest BCUT2D eigenvalue weighted by atomic mass is 10.1. The number of nitrogens with zero attached hydrogens (tertiary/aromatic N) is 1. The molecule has 0 radical (unpaired) electrons. The molecule has 1 aromatic heterocycles. The lowest BCUT2D eigenvalue weighted by molar-refractivity contribution is -0.137. The highest BCUT2D eigenvalue weighted by Crippen LogP contribution is 2.36. The summed E-state index contributed by atoms with van der Waals surface area (Å²) in [5.41, 5.74) is -1.10. The molecule has 3 rings (SSSR count). The molecule has 0 aliphatic heterocycles. The van der Waals surface area contributed by atoms with Crippen molar-refractivity contribution in [2.24, 2.45) is 0 Å². The first-order chi connectivity index (χ1) is 14.1. The number of pyridine rings is 1. The molecule has 0 atom stereocenters. The Labute approximate surface area is 173 Å². The van der Waals surface area contributed by atoms with Gasteiger partial charge in [-0.15, -0.1) is 0 Å². The van der Waals surface area contributed by atoms with Crippen molar-refractivity contribution in [1.29, 1.82) is 0 Å². The number of anilines is 1. The number of hydrogen-bond acceptors (Lipinski definition) is 3. The molecule has 0 spiro atoms.